The molecule has 0 bridgehead atoms. The van der Waals surface area contributed by atoms with E-state index in [2.05, 4.69) is 24.3 Å². The summed E-state index contributed by atoms with van der Waals surface area (Å²) >= 11 is 0. The molecule has 0 unspecified atom stereocenters. The quantitative estimate of drug-likeness (QED) is 0.463. The zero-order valence-electron chi connectivity index (χ0n) is 21.3. The molecule has 0 saturated carbocycles. The SMILES string of the molecule is COC(=O)CCc1cccc(-c2nc(C)nc3c2CC[C@H]2[C@H](C)C(=O)C(C#N)=C[C@]32c2ccccc2)c1. The smallest absolute Gasteiger partial charge is 0.305 e. The van der Waals surface area contributed by atoms with Gasteiger partial charge in [-0.05, 0) is 55.4 Å². The fourth-order valence-corrected chi connectivity index (χ4v) is 6.12. The van der Waals surface area contributed by atoms with Gasteiger partial charge in [-0.1, -0.05) is 55.5 Å². The van der Waals surface area contributed by atoms with Crippen molar-refractivity contribution < 1.29 is 14.3 Å². The maximum Gasteiger partial charge on any atom is 0.305 e. The number of ether oxygens (including phenoxy) is 1. The lowest BCUT2D eigenvalue weighted by Gasteiger charge is -2.48. The molecule has 3 atom stereocenters. The normalized spacial score (nSPS) is 22.3. The Morgan fingerprint density at radius 3 is 2.68 bits per heavy atom. The Balaban J connectivity index is 1.73. The van der Waals surface area contributed by atoms with Crippen LogP contribution in [0.15, 0.2) is 66.2 Å². The minimum atomic E-state index is -0.696. The van der Waals surface area contributed by atoms with Gasteiger partial charge < -0.3 is 4.74 Å². The molecule has 1 aromatic heterocycles. The molecule has 0 aliphatic heterocycles. The van der Waals surface area contributed by atoms with Gasteiger partial charge in [0.25, 0.3) is 0 Å². The van der Waals surface area contributed by atoms with Crippen LogP contribution in [0.5, 0.6) is 0 Å². The summed E-state index contributed by atoms with van der Waals surface area (Å²) in [6, 6.07) is 20.4. The lowest BCUT2D eigenvalue weighted by atomic mass is 9.54. The number of hydrogen-bond donors (Lipinski definition) is 0. The predicted molar refractivity (Wildman–Crippen MR) is 139 cm³/mol. The van der Waals surface area contributed by atoms with E-state index in [-0.39, 0.29) is 29.2 Å². The lowest BCUT2D eigenvalue weighted by Crippen LogP contribution is -2.48. The molecule has 0 saturated heterocycles. The number of fused-ring (bicyclic) bond motifs is 3. The molecule has 2 aliphatic rings. The molecule has 0 spiro atoms. The third kappa shape index (κ3) is 4.15. The van der Waals surface area contributed by atoms with Gasteiger partial charge in [0.15, 0.2) is 5.78 Å². The van der Waals surface area contributed by atoms with Gasteiger partial charge in [0.2, 0.25) is 0 Å². The lowest BCUT2D eigenvalue weighted by molar-refractivity contribution is -0.140. The Hall–Kier alpha value is -4.11. The molecule has 6 nitrogen and oxygen atoms in total. The molecule has 5 rings (SSSR count). The van der Waals surface area contributed by atoms with E-state index in [1.54, 1.807) is 0 Å². The number of aryl methyl sites for hydroxylation is 2. The van der Waals surface area contributed by atoms with E-state index in [0.717, 1.165) is 46.5 Å². The van der Waals surface area contributed by atoms with Crippen LogP contribution in [0.1, 0.15) is 48.0 Å². The maximum atomic E-state index is 13.1. The van der Waals surface area contributed by atoms with Gasteiger partial charge in [-0.15, -0.1) is 0 Å². The average Bonchev–Trinajstić information content (AvgIpc) is 2.93. The number of nitrogens with zero attached hydrogens (tertiary/aromatic N) is 3. The Bertz CT molecular complexity index is 1450. The van der Waals surface area contributed by atoms with Crippen molar-refractivity contribution in [3.63, 3.8) is 0 Å². The number of allylic oxidation sites excluding steroid dienone is 2. The summed E-state index contributed by atoms with van der Waals surface area (Å²) in [5, 5.41) is 9.90. The minimum Gasteiger partial charge on any atom is -0.469 e. The van der Waals surface area contributed by atoms with E-state index in [1.165, 1.54) is 7.11 Å². The van der Waals surface area contributed by atoms with Crippen LogP contribution in [-0.4, -0.2) is 28.8 Å². The molecule has 1 heterocycles. The number of carbonyl (C=O) groups excluding carboxylic acids is 2. The Kier molecular flexibility index (Phi) is 6.47. The van der Waals surface area contributed by atoms with E-state index in [0.29, 0.717) is 18.7 Å². The molecule has 186 valence electrons. The number of rotatable bonds is 5. The first-order chi connectivity index (χ1) is 17.9. The van der Waals surface area contributed by atoms with E-state index in [1.807, 2.05) is 56.3 Å². The summed E-state index contributed by atoms with van der Waals surface area (Å²) < 4.78 is 4.80. The first kappa shape index (κ1) is 24.6. The number of benzene rings is 2. The van der Waals surface area contributed by atoms with Crippen LogP contribution in [0.4, 0.5) is 0 Å². The Labute approximate surface area is 217 Å². The number of hydrogen-bond acceptors (Lipinski definition) is 6. The molecular formula is C31H29N3O3. The number of methoxy groups -OCH3 is 1. The van der Waals surface area contributed by atoms with Gasteiger partial charge in [-0.2, -0.15) is 5.26 Å². The van der Waals surface area contributed by atoms with Crippen LogP contribution in [0.2, 0.25) is 0 Å². The van der Waals surface area contributed by atoms with Crippen molar-refractivity contribution in [1.29, 1.82) is 5.26 Å². The minimum absolute atomic E-state index is 0.0134. The second-order valence-electron chi connectivity index (χ2n) is 9.93. The molecular weight excluding hydrogens is 462 g/mol. The van der Waals surface area contributed by atoms with Gasteiger partial charge in [-0.25, -0.2) is 9.97 Å². The average molecular weight is 492 g/mol. The highest BCUT2D eigenvalue weighted by molar-refractivity contribution is 6.02. The zero-order chi connectivity index (χ0) is 26.2. The molecule has 0 fully saturated rings. The second kappa shape index (κ2) is 9.74. The van der Waals surface area contributed by atoms with E-state index < -0.39 is 5.41 Å². The highest BCUT2D eigenvalue weighted by Gasteiger charge is 2.53. The first-order valence-corrected chi connectivity index (χ1v) is 12.7. The predicted octanol–water partition coefficient (Wildman–Crippen LogP) is 5.07. The van der Waals surface area contributed by atoms with Crippen molar-refractivity contribution in [2.45, 2.75) is 44.9 Å². The molecule has 0 radical (unpaired) electrons. The molecule has 0 N–H and O–H groups in total. The maximum absolute atomic E-state index is 13.1. The topological polar surface area (TPSA) is 92.9 Å². The van der Waals surface area contributed by atoms with Crippen molar-refractivity contribution in [3.05, 3.63) is 94.5 Å². The number of carbonyl (C=O) groups is 2. The summed E-state index contributed by atoms with van der Waals surface area (Å²) in [5.74, 6) is -0.000537. The monoisotopic (exact) mass is 491 g/mol. The summed E-state index contributed by atoms with van der Waals surface area (Å²) in [6.45, 7) is 3.83. The molecule has 37 heavy (non-hydrogen) atoms. The summed E-state index contributed by atoms with van der Waals surface area (Å²) in [7, 11) is 1.40. The molecule has 6 heteroatoms. The van der Waals surface area contributed by atoms with Crippen LogP contribution in [0.25, 0.3) is 11.3 Å². The molecule has 3 aromatic rings. The van der Waals surface area contributed by atoms with Crippen LogP contribution in [-0.2, 0) is 32.6 Å². The van der Waals surface area contributed by atoms with Crippen molar-refractivity contribution in [3.8, 4) is 17.3 Å². The first-order valence-electron chi connectivity index (χ1n) is 12.7. The zero-order valence-corrected chi connectivity index (χ0v) is 21.3. The number of nitriles is 1. The summed E-state index contributed by atoms with van der Waals surface area (Å²) in [5.41, 5.74) is 5.33. The van der Waals surface area contributed by atoms with Gasteiger partial charge >= 0.3 is 5.97 Å². The summed E-state index contributed by atoms with van der Waals surface area (Å²) in [6.07, 6.45) is 4.29. The number of ketones is 1. The van der Waals surface area contributed by atoms with E-state index in [9.17, 15) is 14.9 Å². The van der Waals surface area contributed by atoms with E-state index >= 15 is 0 Å². The van der Waals surface area contributed by atoms with Crippen molar-refractivity contribution in [1.82, 2.24) is 9.97 Å². The van der Waals surface area contributed by atoms with E-state index in [4.69, 9.17) is 14.7 Å². The Morgan fingerprint density at radius 1 is 1.16 bits per heavy atom. The number of Topliss-reactive ketones (excluding diaryl/α,β-unsaturated/α-hetero) is 1. The Morgan fingerprint density at radius 2 is 1.95 bits per heavy atom. The van der Waals surface area contributed by atoms with Crippen molar-refractivity contribution >= 4 is 11.8 Å². The van der Waals surface area contributed by atoms with Crippen LogP contribution < -0.4 is 0 Å². The highest BCUT2D eigenvalue weighted by Crippen LogP contribution is 2.54. The fraction of sp³-hybridized carbons (Fsp3) is 0.323. The fourth-order valence-electron chi connectivity index (χ4n) is 6.12. The van der Waals surface area contributed by atoms with Gasteiger partial charge in [-0.3, -0.25) is 9.59 Å². The standard InChI is InChI=1S/C31H29N3O3/c1-19-26-14-13-25-28(22-9-7-8-21(16-22)12-15-27(35)37-3)33-20(2)34-30(25)31(26,17-23(18-32)29(19)36)24-10-5-4-6-11-24/h4-11,16-17,19,26H,12-15H2,1-3H3/t19-,26-,31+/m0/s1. The van der Waals surface area contributed by atoms with Gasteiger partial charge in [0.05, 0.1) is 29.5 Å². The molecule has 2 aromatic carbocycles. The van der Waals surface area contributed by atoms with Crippen LogP contribution in [0, 0.1) is 30.1 Å². The second-order valence-corrected chi connectivity index (χ2v) is 9.93. The van der Waals surface area contributed by atoms with Gasteiger partial charge in [0, 0.05) is 23.5 Å². The number of aromatic nitrogens is 2. The third-order valence-corrected chi connectivity index (χ3v) is 7.87. The van der Waals surface area contributed by atoms with Crippen LogP contribution in [0.3, 0.4) is 0 Å². The third-order valence-electron chi connectivity index (χ3n) is 7.87. The number of esters is 1. The van der Waals surface area contributed by atoms with Crippen LogP contribution >= 0.6 is 0 Å². The molecule has 0 amide bonds. The molecule has 2 aliphatic carbocycles. The highest BCUT2D eigenvalue weighted by atomic mass is 16.5. The van der Waals surface area contributed by atoms with Crippen molar-refractivity contribution in [2.75, 3.05) is 7.11 Å². The largest absolute Gasteiger partial charge is 0.469 e. The summed E-state index contributed by atoms with van der Waals surface area (Å²) in [4.78, 5) is 34.7. The van der Waals surface area contributed by atoms with Crippen molar-refractivity contribution in [2.24, 2.45) is 11.8 Å². The van der Waals surface area contributed by atoms with Gasteiger partial charge in [0.1, 0.15) is 11.9 Å².